The molecule has 5 nitrogen and oxygen atoms in total. The van der Waals surface area contributed by atoms with E-state index in [1.165, 1.54) is 13.2 Å². The molecule has 104 valence electrons. The van der Waals surface area contributed by atoms with Gasteiger partial charge < -0.3 is 14.7 Å². The van der Waals surface area contributed by atoms with Gasteiger partial charge in [-0.3, -0.25) is 9.59 Å². The van der Waals surface area contributed by atoms with E-state index in [0.717, 1.165) is 10.5 Å². The molecule has 1 amide bonds. The van der Waals surface area contributed by atoms with E-state index >= 15 is 0 Å². The molecule has 0 heterocycles. The number of para-hydroxylation sites is 1. The van der Waals surface area contributed by atoms with Crippen LogP contribution in [0.3, 0.4) is 0 Å². The van der Waals surface area contributed by atoms with Gasteiger partial charge in [-0.05, 0) is 12.1 Å². The molecule has 1 aromatic rings. The molecule has 0 saturated heterocycles. The van der Waals surface area contributed by atoms with Crippen molar-refractivity contribution in [1.82, 2.24) is 4.90 Å². The summed E-state index contributed by atoms with van der Waals surface area (Å²) in [6, 6.07) is 7.17. The van der Waals surface area contributed by atoms with E-state index in [9.17, 15) is 9.59 Å². The molecule has 20 heavy (non-hydrogen) atoms. The Morgan fingerprint density at radius 3 is 2.75 bits per heavy atom. The van der Waals surface area contributed by atoms with E-state index < -0.39 is 18.4 Å². The number of aliphatic carboxylic acids is 1. The molecule has 0 aliphatic rings. The third kappa shape index (κ3) is 4.50. The molecular formula is C15H15NO4. The maximum atomic E-state index is 11.9. The summed E-state index contributed by atoms with van der Waals surface area (Å²) in [5.41, 5.74) is 0.722. The first-order valence-corrected chi connectivity index (χ1v) is 5.83. The summed E-state index contributed by atoms with van der Waals surface area (Å²) in [4.78, 5) is 23.6. The second kappa shape index (κ2) is 7.64. The average molecular weight is 273 g/mol. The third-order valence-electron chi connectivity index (χ3n) is 2.46. The Balaban J connectivity index is 2.84. The zero-order valence-electron chi connectivity index (χ0n) is 11.1. The fourth-order valence-corrected chi connectivity index (χ4v) is 1.56. The number of amides is 1. The van der Waals surface area contributed by atoms with Crippen LogP contribution in [0.5, 0.6) is 5.75 Å². The summed E-state index contributed by atoms with van der Waals surface area (Å²) in [7, 11) is 1.53. The van der Waals surface area contributed by atoms with Crippen LogP contribution in [0.1, 0.15) is 5.56 Å². The number of terminal acetylenes is 1. The molecule has 1 N–H and O–H groups in total. The van der Waals surface area contributed by atoms with Crippen LogP contribution in [-0.4, -0.2) is 42.1 Å². The van der Waals surface area contributed by atoms with Gasteiger partial charge in [0.1, 0.15) is 12.3 Å². The number of ether oxygens (including phenoxy) is 1. The van der Waals surface area contributed by atoms with Crippen LogP contribution < -0.4 is 4.74 Å². The molecule has 1 aromatic carbocycles. The number of nitrogens with zero attached hydrogens (tertiary/aromatic N) is 1. The van der Waals surface area contributed by atoms with Crippen molar-refractivity contribution in [2.45, 2.75) is 0 Å². The van der Waals surface area contributed by atoms with Crippen molar-refractivity contribution < 1.29 is 19.4 Å². The van der Waals surface area contributed by atoms with Gasteiger partial charge in [-0.25, -0.2) is 0 Å². The summed E-state index contributed by atoms with van der Waals surface area (Å²) in [6.07, 6.45) is 7.95. The maximum Gasteiger partial charge on any atom is 0.323 e. The van der Waals surface area contributed by atoms with E-state index in [4.69, 9.17) is 16.3 Å². The number of carboxylic acid groups (broad SMARTS) is 1. The number of carbonyl (C=O) groups is 2. The second-order valence-corrected chi connectivity index (χ2v) is 3.87. The minimum atomic E-state index is -1.11. The van der Waals surface area contributed by atoms with Crippen molar-refractivity contribution in [2.24, 2.45) is 0 Å². The van der Waals surface area contributed by atoms with Crippen LogP contribution in [0.25, 0.3) is 6.08 Å². The minimum Gasteiger partial charge on any atom is -0.496 e. The van der Waals surface area contributed by atoms with Crippen molar-refractivity contribution in [3.05, 3.63) is 35.9 Å². The quantitative estimate of drug-likeness (QED) is 0.626. The lowest BCUT2D eigenvalue weighted by Gasteiger charge is -2.15. The number of hydrogen-bond acceptors (Lipinski definition) is 3. The zero-order chi connectivity index (χ0) is 15.0. The third-order valence-corrected chi connectivity index (χ3v) is 2.46. The molecule has 0 atom stereocenters. The first-order chi connectivity index (χ1) is 9.58. The van der Waals surface area contributed by atoms with Gasteiger partial charge in [-0.1, -0.05) is 24.1 Å². The molecule has 0 bridgehead atoms. The van der Waals surface area contributed by atoms with Gasteiger partial charge in [-0.15, -0.1) is 6.42 Å². The fraction of sp³-hybridized carbons (Fsp3) is 0.200. The molecule has 0 fully saturated rings. The number of carbonyl (C=O) groups excluding carboxylic acids is 1. The van der Waals surface area contributed by atoms with Gasteiger partial charge in [-0.2, -0.15) is 0 Å². The molecule has 0 unspecified atom stereocenters. The molecule has 0 spiro atoms. The molecular weight excluding hydrogens is 258 g/mol. The Morgan fingerprint density at radius 1 is 1.45 bits per heavy atom. The van der Waals surface area contributed by atoms with Gasteiger partial charge >= 0.3 is 5.97 Å². The van der Waals surface area contributed by atoms with Gasteiger partial charge in [0.15, 0.2) is 0 Å². The van der Waals surface area contributed by atoms with Crippen molar-refractivity contribution in [3.63, 3.8) is 0 Å². The second-order valence-electron chi connectivity index (χ2n) is 3.87. The smallest absolute Gasteiger partial charge is 0.323 e. The number of rotatable bonds is 6. The highest BCUT2D eigenvalue weighted by Crippen LogP contribution is 2.18. The average Bonchev–Trinajstić information content (AvgIpc) is 2.44. The van der Waals surface area contributed by atoms with Gasteiger partial charge in [0, 0.05) is 11.6 Å². The minimum absolute atomic E-state index is 0.0542. The predicted molar refractivity (Wildman–Crippen MR) is 75.1 cm³/mol. The lowest BCUT2D eigenvalue weighted by atomic mass is 10.2. The monoisotopic (exact) mass is 273 g/mol. The fourth-order valence-electron chi connectivity index (χ4n) is 1.56. The van der Waals surface area contributed by atoms with Crippen molar-refractivity contribution in [3.8, 4) is 18.1 Å². The van der Waals surface area contributed by atoms with Crippen LogP contribution in [0.15, 0.2) is 30.3 Å². The van der Waals surface area contributed by atoms with Crippen LogP contribution in [0.4, 0.5) is 0 Å². The van der Waals surface area contributed by atoms with Crippen LogP contribution in [0.2, 0.25) is 0 Å². The molecule has 0 aliphatic carbocycles. The summed E-state index contributed by atoms with van der Waals surface area (Å²) in [5.74, 6) is 1.31. The largest absolute Gasteiger partial charge is 0.496 e. The van der Waals surface area contributed by atoms with Gasteiger partial charge in [0.2, 0.25) is 5.91 Å². The van der Waals surface area contributed by atoms with E-state index in [-0.39, 0.29) is 6.54 Å². The lowest BCUT2D eigenvalue weighted by Crippen LogP contribution is -2.34. The molecule has 0 aromatic heterocycles. The molecule has 0 radical (unpaired) electrons. The molecule has 5 heteroatoms. The molecule has 1 rings (SSSR count). The predicted octanol–water partition coefficient (Wildman–Crippen LogP) is 1.25. The summed E-state index contributed by atoms with van der Waals surface area (Å²) in [5, 5.41) is 8.72. The first kappa shape index (κ1) is 15.3. The Bertz CT molecular complexity index is 557. The van der Waals surface area contributed by atoms with E-state index in [1.54, 1.807) is 18.2 Å². The van der Waals surface area contributed by atoms with Crippen LogP contribution in [-0.2, 0) is 9.59 Å². The van der Waals surface area contributed by atoms with Crippen LogP contribution in [0, 0.1) is 12.3 Å². The number of benzene rings is 1. The van der Waals surface area contributed by atoms with Crippen molar-refractivity contribution in [1.29, 1.82) is 0 Å². The topological polar surface area (TPSA) is 66.8 Å². The van der Waals surface area contributed by atoms with Crippen molar-refractivity contribution in [2.75, 3.05) is 20.2 Å². The highest BCUT2D eigenvalue weighted by Gasteiger charge is 2.13. The Hall–Kier alpha value is -2.74. The lowest BCUT2D eigenvalue weighted by molar-refractivity contribution is -0.142. The zero-order valence-corrected chi connectivity index (χ0v) is 11.1. The summed E-state index contributed by atoms with van der Waals surface area (Å²) < 4.78 is 5.15. The van der Waals surface area contributed by atoms with Crippen molar-refractivity contribution >= 4 is 18.0 Å². The normalized spacial score (nSPS) is 10.0. The van der Waals surface area contributed by atoms with E-state index in [2.05, 4.69) is 5.92 Å². The standard InChI is InChI=1S/C15H15NO4/c1-3-10-16(11-15(18)19)14(17)9-8-12-6-4-5-7-13(12)20-2/h1,4-9H,10-11H2,2H3,(H,18,19). The molecule has 0 saturated carbocycles. The van der Waals surface area contributed by atoms with Gasteiger partial charge in [0.25, 0.3) is 0 Å². The molecule has 0 aliphatic heterocycles. The Kier molecular flexibility index (Phi) is 5.85. The van der Waals surface area contributed by atoms with Crippen LogP contribution >= 0.6 is 0 Å². The summed E-state index contributed by atoms with van der Waals surface area (Å²) >= 11 is 0. The van der Waals surface area contributed by atoms with Gasteiger partial charge in [0.05, 0.1) is 13.7 Å². The number of carboxylic acids is 1. The highest BCUT2D eigenvalue weighted by molar-refractivity contribution is 5.94. The number of hydrogen-bond donors (Lipinski definition) is 1. The highest BCUT2D eigenvalue weighted by atomic mass is 16.5. The first-order valence-electron chi connectivity index (χ1n) is 5.83. The Labute approximate surface area is 117 Å². The maximum absolute atomic E-state index is 11.9. The van der Waals surface area contributed by atoms with E-state index in [0.29, 0.717) is 5.75 Å². The summed E-state index contributed by atoms with van der Waals surface area (Å²) in [6.45, 7) is -0.485. The van der Waals surface area contributed by atoms with E-state index in [1.807, 2.05) is 12.1 Å². The Morgan fingerprint density at radius 2 is 2.15 bits per heavy atom. The number of methoxy groups -OCH3 is 1. The SMILES string of the molecule is C#CCN(CC(=O)O)C(=O)C=Cc1ccccc1OC.